The predicted molar refractivity (Wildman–Crippen MR) is 96.5 cm³/mol. The maximum absolute atomic E-state index is 12.7. The van der Waals surface area contributed by atoms with Gasteiger partial charge in [-0.05, 0) is 30.3 Å². The van der Waals surface area contributed by atoms with Crippen LogP contribution in [0.1, 0.15) is 11.1 Å². The maximum Gasteiger partial charge on any atom is 0.416 e. The zero-order valence-corrected chi connectivity index (χ0v) is 15.0. The molecule has 10 heteroatoms. The molecule has 0 aliphatic heterocycles. The van der Waals surface area contributed by atoms with Crippen LogP contribution >= 0.6 is 11.6 Å². The fraction of sp³-hybridized carbons (Fsp3) is 0.167. The van der Waals surface area contributed by atoms with Crippen LogP contribution in [0, 0.1) is 10.1 Å². The summed E-state index contributed by atoms with van der Waals surface area (Å²) in [7, 11) is 0. The number of benzene rings is 2. The Morgan fingerprint density at radius 3 is 2.57 bits per heavy atom. The molecule has 2 aromatic carbocycles. The number of amides is 1. The normalized spacial score (nSPS) is 11.0. The summed E-state index contributed by atoms with van der Waals surface area (Å²) in [6, 6.07) is 6.23. The van der Waals surface area contributed by atoms with E-state index >= 15 is 0 Å². The van der Waals surface area contributed by atoms with E-state index in [2.05, 4.69) is 11.9 Å². The Morgan fingerprint density at radius 1 is 1.29 bits per heavy atom. The number of hydrogen-bond donors (Lipinski definition) is 1. The molecule has 2 aromatic rings. The van der Waals surface area contributed by atoms with Gasteiger partial charge in [-0.25, -0.2) is 0 Å². The maximum atomic E-state index is 12.7. The van der Waals surface area contributed by atoms with Crippen molar-refractivity contribution in [1.82, 2.24) is 5.32 Å². The van der Waals surface area contributed by atoms with Crippen molar-refractivity contribution < 1.29 is 27.6 Å². The molecule has 0 saturated carbocycles. The molecule has 28 heavy (non-hydrogen) atoms. The van der Waals surface area contributed by atoms with Crippen LogP contribution in [0.25, 0.3) is 0 Å². The van der Waals surface area contributed by atoms with Crippen LogP contribution in [-0.2, 0) is 17.4 Å². The minimum absolute atomic E-state index is 0.0643. The van der Waals surface area contributed by atoms with Gasteiger partial charge in [-0.15, -0.1) is 6.58 Å². The van der Waals surface area contributed by atoms with Crippen LogP contribution < -0.4 is 10.1 Å². The van der Waals surface area contributed by atoms with Crippen LogP contribution in [0.15, 0.2) is 49.1 Å². The first kappa shape index (κ1) is 21.2. The lowest BCUT2D eigenvalue weighted by Gasteiger charge is -2.12. The second-order valence-electron chi connectivity index (χ2n) is 5.56. The van der Waals surface area contributed by atoms with Crippen molar-refractivity contribution in [1.29, 1.82) is 0 Å². The molecule has 1 amide bonds. The lowest BCUT2D eigenvalue weighted by molar-refractivity contribution is -0.385. The fourth-order valence-electron chi connectivity index (χ4n) is 2.25. The van der Waals surface area contributed by atoms with Gasteiger partial charge in [0.05, 0.1) is 21.9 Å². The van der Waals surface area contributed by atoms with Crippen LogP contribution in [-0.4, -0.2) is 17.4 Å². The molecule has 0 bridgehead atoms. The summed E-state index contributed by atoms with van der Waals surface area (Å²) < 4.78 is 43.6. The topological polar surface area (TPSA) is 81.5 Å². The van der Waals surface area contributed by atoms with Gasteiger partial charge in [0, 0.05) is 18.2 Å². The molecular weight excluding hydrogens is 401 g/mol. The average Bonchev–Trinajstić information content (AvgIpc) is 2.60. The Balaban J connectivity index is 2.29. The summed E-state index contributed by atoms with van der Waals surface area (Å²) in [6.45, 7) is 3.65. The van der Waals surface area contributed by atoms with Gasteiger partial charge in [-0.2, -0.15) is 13.2 Å². The van der Waals surface area contributed by atoms with Crippen LogP contribution in [0.4, 0.5) is 18.9 Å². The molecule has 1 N–H and O–H groups in total. The number of ether oxygens (including phenoxy) is 1. The van der Waals surface area contributed by atoms with E-state index in [1.165, 1.54) is 18.2 Å². The number of carbonyl (C=O) groups excluding carboxylic acids is 1. The van der Waals surface area contributed by atoms with E-state index in [0.717, 1.165) is 18.2 Å². The predicted octanol–water partition coefficient (Wildman–Crippen LogP) is 4.90. The zero-order valence-electron chi connectivity index (χ0n) is 14.3. The lowest BCUT2D eigenvalue weighted by atomic mass is 10.1. The van der Waals surface area contributed by atoms with Gasteiger partial charge in [0.1, 0.15) is 11.5 Å². The molecule has 0 atom stereocenters. The van der Waals surface area contributed by atoms with E-state index in [1.54, 1.807) is 0 Å². The van der Waals surface area contributed by atoms with Gasteiger partial charge < -0.3 is 10.1 Å². The second kappa shape index (κ2) is 8.75. The third-order valence-electron chi connectivity index (χ3n) is 3.53. The number of carbonyl (C=O) groups is 1. The number of hydrogen-bond acceptors (Lipinski definition) is 4. The molecule has 0 fully saturated rings. The molecule has 2 rings (SSSR count). The smallest absolute Gasteiger partial charge is 0.416 e. The van der Waals surface area contributed by atoms with Gasteiger partial charge in [0.25, 0.3) is 5.69 Å². The number of nitrogens with one attached hydrogen (secondary N) is 1. The van der Waals surface area contributed by atoms with Crippen molar-refractivity contribution in [2.75, 3.05) is 6.54 Å². The summed E-state index contributed by atoms with van der Waals surface area (Å²) in [6.07, 6.45) is -3.39. The minimum atomic E-state index is -4.55. The van der Waals surface area contributed by atoms with Crippen molar-refractivity contribution in [3.8, 4) is 11.5 Å². The molecule has 6 nitrogen and oxygen atoms in total. The number of halogens is 4. The van der Waals surface area contributed by atoms with E-state index < -0.39 is 22.6 Å². The van der Waals surface area contributed by atoms with Crippen molar-refractivity contribution in [3.05, 3.63) is 75.3 Å². The van der Waals surface area contributed by atoms with Gasteiger partial charge >= 0.3 is 6.18 Å². The lowest BCUT2D eigenvalue weighted by Crippen LogP contribution is -2.25. The number of rotatable bonds is 7. The molecular formula is C18H14ClF3N2O4. The molecule has 0 aromatic heterocycles. The number of nitro benzene ring substituents is 1. The highest BCUT2D eigenvalue weighted by atomic mass is 35.5. The Bertz CT molecular complexity index is 916. The monoisotopic (exact) mass is 414 g/mol. The quantitative estimate of drug-likeness (QED) is 0.397. The third-order valence-corrected chi connectivity index (χ3v) is 3.82. The molecule has 148 valence electrons. The van der Waals surface area contributed by atoms with Gasteiger partial charge in [-0.3, -0.25) is 14.9 Å². The summed E-state index contributed by atoms with van der Waals surface area (Å²) in [5.41, 5.74) is -1.15. The molecule has 0 aliphatic rings. The molecule has 0 saturated heterocycles. The fourth-order valence-corrected chi connectivity index (χ4v) is 2.47. The summed E-state index contributed by atoms with van der Waals surface area (Å²) >= 11 is 5.84. The minimum Gasteiger partial charge on any atom is -0.456 e. The Morgan fingerprint density at radius 2 is 2.00 bits per heavy atom. The number of nitro groups is 1. The number of alkyl halides is 3. The van der Waals surface area contributed by atoms with E-state index in [-0.39, 0.29) is 40.7 Å². The highest BCUT2D eigenvalue weighted by Gasteiger charge is 2.31. The number of nitrogens with zero attached hydrogens (tertiary/aromatic N) is 1. The average molecular weight is 415 g/mol. The second-order valence-corrected chi connectivity index (χ2v) is 5.97. The van der Waals surface area contributed by atoms with Crippen molar-refractivity contribution in [3.63, 3.8) is 0 Å². The largest absolute Gasteiger partial charge is 0.456 e. The molecule has 0 spiro atoms. The van der Waals surface area contributed by atoms with Gasteiger partial charge in [0.15, 0.2) is 0 Å². The SMILES string of the molecule is C=CCNC(=O)Cc1cc(Oc2ccc(C(F)(F)F)cc2Cl)ccc1[N+](=O)[O-]. The Kier molecular flexibility index (Phi) is 6.63. The molecule has 0 aliphatic carbocycles. The van der Waals surface area contributed by atoms with Crippen LogP contribution in [0.5, 0.6) is 11.5 Å². The first-order chi connectivity index (χ1) is 13.1. The van der Waals surface area contributed by atoms with Gasteiger partial charge in [0.2, 0.25) is 5.91 Å². The Labute approximate surface area is 162 Å². The third kappa shape index (κ3) is 5.46. The Hall–Kier alpha value is -3.07. The van der Waals surface area contributed by atoms with E-state index in [0.29, 0.717) is 6.07 Å². The molecule has 0 radical (unpaired) electrons. The van der Waals surface area contributed by atoms with Crippen molar-refractivity contribution in [2.45, 2.75) is 12.6 Å². The van der Waals surface area contributed by atoms with E-state index in [4.69, 9.17) is 16.3 Å². The highest BCUT2D eigenvalue weighted by molar-refractivity contribution is 6.32. The highest BCUT2D eigenvalue weighted by Crippen LogP contribution is 2.37. The first-order valence-corrected chi connectivity index (χ1v) is 8.19. The van der Waals surface area contributed by atoms with Crippen molar-refractivity contribution in [2.24, 2.45) is 0 Å². The van der Waals surface area contributed by atoms with E-state index in [9.17, 15) is 28.1 Å². The standard InChI is InChI=1S/C18H14ClF3N2O4/c1-2-7-23-17(25)9-11-8-13(4-5-15(11)24(26)27)28-16-6-3-12(10-14(16)19)18(20,21)22/h2-6,8,10H,1,7,9H2,(H,23,25). The van der Waals surface area contributed by atoms with Crippen LogP contribution in [0.2, 0.25) is 5.02 Å². The molecule has 0 heterocycles. The van der Waals surface area contributed by atoms with E-state index in [1.807, 2.05) is 0 Å². The van der Waals surface area contributed by atoms with Crippen molar-refractivity contribution >= 4 is 23.2 Å². The first-order valence-electron chi connectivity index (χ1n) is 7.81. The summed E-state index contributed by atoms with van der Waals surface area (Å²) in [5.74, 6) is -0.447. The molecule has 0 unspecified atom stereocenters. The summed E-state index contributed by atoms with van der Waals surface area (Å²) in [5, 5.41) is 13.4. The zero-order chi connectivity index (χ0) is 20.9. The van der Waals surface area contributed by atoms with Crippen LogP contribution in [0.3, 0.4) is 0 Å². The van der Waals surface area contributed by atoms with Gasteiger partial charge in [-0.1, -0.05) is 17.7 Å². The summed E-state index contributed by atoms with van der Waals surface area (Å²) in [4.78, 5) is 22.4.